The van der Waals surface area contributed by atoms with Crippen LogP contribution in [0.3, 0.4) is 0 Å². The molecule has 4 nitrogen and oxygen atoms in total. The summed E-state index contributed by atoms with van der Waals surface area (Å²) in [5.41, 5.74) is 0.636. The molecule has 0 spiro atoms. The predicted octanol–water partition coefficient (Wildman–Crippen LogP) is 2.95. The van der Waals surface area contributed by atoms with Gasteiger partial charge in [0.25, 0.3) is 5.91 Å². The van der Waals surface area contributed by atoms with E-state index in [1.54, 1.807) is 32.4 Å². The lowest BCUT2D eigenvalue weighted by Crippen LogP contribution is -2.43. The van der Waals surface area contributed by atoms with Gasteiger partial charge in [0.05, 0.1) is 14.2 Å². The van der Waals surface area contributed by atoms with Crippen molar-refractivity contribution < 1.29 is 14.3 Å². The van der Waals surface area contributed by atoms with Gasteiger partial charge in [-0.15, -0.1) is 0 Å². The Kier molecular flexibility index (Phi) is 4.91. The highest BCUT2D eigenvalue weighted by Gasteiger charge is 2.27. The van der Waals surface area contributed by atoms with Crippen LogP contribution in [-0.2, 0) is 0 Å². The molecule has 1 amide bonds. The lowest BCUT2D eigenvalue weighted by atomic mass is 9.98. The summed E-state index contributed by atoms with van der Waals surface area (Å²) in [7, 11) is 3.16. The predicted molar refractivity (Wildman–Crippen MR) is 81.9 cm³/mol. The van der Waals surface area contributed by atoms with Gasteiger partial charge in [-0.3, -0.25) is 4.79 Å². The summed E-state index contributed by atoms with van der Waals surface area (Å²) >= 11 is 3.65. The van der Waals surface area contributed by atoms with E-state index < -0.39 is 0 Å². The molecule has 0 radical (unpaired) electrons. The second-order valence-electron chi connectivity index (χ2n) is 5.10. The first kappa shape index (κ1) is 15.2. The average Bonchev–Trinajstić information content (AvgIpc) is 2.48. The number of rotatable bonds is 3. The van der Waals surface area contributed by atoms with E-state index in [2.05, 4.69) is 22.9 Å². The molecule has 1 aliphatic rings. The highest BCUT2D eigenvalue weighted by Crippen LogP contribution is 2.29. The largest absolute Gasteiger partial charge is 0.493 e. The van der Waals surface area contributed by atoms with Crippen molar-refractivity contribution in [3.63, 3.8) is 0 Å². The standard InChI is InChI=1S/C15H20BrNO3/c1-10-6-7-17(9-12(10)16)15(18)11-4-5-13(19-2)14(8-11)20-3/h4-5,8,10,12H,6-7,9H2,1-3H3. The highest BCUT2D eigenvalue weighted by molar-refractivity contribution is 9.09. The summed E-state index contributed by atoms with van der Waals surface area (Å²) in [6.07, 6.45) is 1.02. The van der Waals surface area contributed by atoms with Crippen LogP contribution in [0, 0.1) is 5.92 Å². The van der Waals surface area contributed by atoms with Crippen LogP contribution in [0.15, 0.2) is 18.2 Å². The minimum absolute atomic E-state index is 0.0438. The Morgan fingerprint density at radius 2 is 2.00 bits per heavy atom. The highest BCUT2D eigenvalue weighted by atomic mass is 79.9. The Bertz CT molecular complexity index is 492. The fraction of sp³-hybridized carbons (Fsp3) is 0.533. The van der Waals surface area contributed by atoms with Crippen molar-refractivity contribution in [3.05, 3.63) is 23.8 Å². The van der Waals surface area contributed by atoms with Gasteiger partial charge in [0.1, 0.15) is 0 Å². The Balaban J connectivity index is 2.17. The van der Waals surface area contributed by atoms with Crippen LogP contribution in [0.25, 0.3) is 0 Å². The van der Waals surface area contributed by atoms with Gasteiger partial charge in [0.15, 0.2) is 11.5 Å². The zero-order valence-electron chi connectivity index (χ0n) is 12.1. The van der Waals surface area contributed by atoms with Gasteiger partial charge < -0.3 is 14.4 Å². The zero-order chi connectivity index (χ0) is 14.7. The molecule has 1 aliphatic heterocycles. The molecule has 0 aliphatic carbocycles. The minimum atomic E-state index is 0.0438. The first-order valence-corrected chi connectivity index (χ1v) is 7.63. The number of likely N-dealkylation sites (tertiary alicyclic amines) is 1. The molecule has 0 saturated carbocycles. The lowest BCUT2D eigenvalue weighted by molar-refractivity contribution is 0.0705. The number of piperidine rings is 1. The lowest BCUT2D eigenvalue weighted by Gasteiger charge is -2.34. The molecule has 2 unspecified atom stereocenters. The van der Waals surface area contributed by atoms with Gasteiger partial charge in [-0.25, -0.2) is 0 Å². The SMILES string of the molecule is COc1ccc(C(=O)N2CCC(C)C(Br)C2)cc1OC. The molecule has 1 aromatic rings. The maximum Gasteiger partial charge on any atom is 0.254 e. The van der Waals surface area contributed by atoms with Gasteiger partial charge in [-0.1, -0.05) is 22.9 Å². The summed E-state index contributed by atoms with van der Waals surface area (Å²) in [6.45, 7) is 3.75. The van der Waals surface area contributed by atoms with Crippen molar-refractivity contribution in [1.82, 2.24) is 4.90 Å². The van der Waals surface area contributed by atoms with E-state index >= 15 is 0 Å². The number of nitrogens with zero attached hydrogens (tertiary/aromatic N) is 1. The maximum atomic E-state index is 12.5. The number of ether oxygens (including phenoxy) is 2. The second kappa shape index (κ2) is 6.48. The van der Waals surface area contributed by atoms with Crippen molar-refractivity contribution in [2.24, 2.45) is 5.92 Å². The molecule has 0 aromatic heterocycles. The van der Waals surface area contributed by atoms with E-state index in [0.717, 1.165) is 19.5 Å². The van der Waals surface area contributed by atoms with Gasteiger partial charge >= 0.3 is 0 Å². The summed E-state index contributed by atoms with van der Waals surface area (Å²) in [5.74, 6) is 1.86. The minimum Gasteiger partial charge on any atom is -0.493 e. The molecule has 1 heterocycles. The van der Waals surface area contributed by atoms with Crippen LogP contribution >= 0.6 is 15.9 Å². The second-order valence-corrected chi connectivity index (χ2v) is 6.28. The first-order valence-electron chi connectivity index (χ1n) is 6.72. The number of methoxy groups -OCH3 is 2. The van der Waals surface area contributed by atoms with Gasteiger partial charge in [0, 0.05) is 23.5 Å². The topological polar surface area (TPSA) is 38.8 Å². The molecule has 1 saturated heterocycles. The molecule has 5 heteroatoms. The summed E-state index contributed by atoms with van der Waals surface area (Å²) in [6, 6.07) is 5.29. The van der Waals surface area contributed by atoms with Gasteiger partial charge in [0.2, 0.25) is 0 Å². The zero-order valence-corrected chi connectivity index (χ0v) is 13.6. The van der Waals surface area contributed by atoms with Crippen LogP contribution in [0.2, 0.25) is 0 Å². The third-order valence-corrected chi connectivity index (χ3v) is 4.98. The van der Waals surface area contributed by atoms with Crippen LogP contribution in [-0.4, -0.2) is 42.9 Å². The molecule has 1 fully saturated rings. The summed E-state index contributed by atoms with van der Waals surface area (Å²) in [5, 5.41) is 0. The first-order chi connectivity index (χ1) is 9.56. The third kappa shape index (κ3) is 3.08. The van der Waals surface area contributed by atoms with E-state index in [1.165, 1.54) is 0 Å². The van der Waals surface area contributed by atoms with Gasteiger partial charge in [-0.05, 0) is 30.5 Å². The number of amides is 1. The molecule has 0 bridgehead atoms. The quantitative estimate of drug-likeness (QED) is 0.793. The van der Waals surface area contributed by atoms with Crippen molar-refractivity contribution in [1.29, 1.82) is 0 Å². The number of carbonyl (C=O) groups is 1. The molecule has 20 heavy (non-hydrogen) atoms. The van der Waals surface area contributed by atoms with E-state index in [-0.39, 0.29) is 5.91 Å². The summed E-state index contributed by atoms with van der Waals surface area (Å²) in [4.78, 5) is 14.8. The maximum absolute atomic E-state index is 12.5. The molecule has 0 N–H and O–H groups in total. The average molecular weight is 342 g/mol. The van der Waals surface area contributed by atoms with Crippen molar-refractivity contribution in [2.45, 2.75) is 18.2 Å². The van der Waals surface area contributed by atoms with Crippen LogP contribution in [0.5, 0.6) is 11.5 Å². The fourth-order valence-electron chi connectivity index (χ4n) is 2.36. The van der Waals surface area contributed by atoms with E-state index in [0.29, 0.717) is 27.8 Å². The Morgan fingerprint density at radius 1 is 1.30 bits per heavy atom. The number of halogens is 1. The van der Waals surface area contributed by atoms with Crippen molar-refractivity contribution >= 4 is 21.8 Å². The van der Waals surface area contributed by atoms with Crippen LogP contribution in [0.4, 0.5) is 0 Å². The van der Waals surface area contributed by atoms with Crippen molar-refractivity contribution in [2.75, 3.05) is 27.3 Å². The number of benzene rings is 1. The smallest absolute Gasteiger partial charge is 0.254 e. The Morgan fingerprint density at radius 3 is 2.60 bits per heavy atom. The summed E-state index contributed by atoms with van der Waals surface area (Å²) < 4.78 is 10.4. The molecule has 2 rings (SSSR count). The van der Waals surface area contributed by atoms with E-state index in [9.17, 15) is 4.79 Å². The normalized spacial score (nSPS) is 22.5. The molecule has 110 valence electrons. The molecule has 2 atom stereocenters. The monoisotopic (exact) mass is 341 g/mol. The van der Waals surface area contributed by atoms with E-state index in [4.69, 9.17) is 9.47 Å². The Hall–Kier alpha value is -1.23. The van der Waals surface area contributed by atoms with E-state index in [1.807, 2.05) is 4.90 Å². The molecule has 1 aromatic carbocycles. The number of hydrogen-bond acceptors (Lipinski definition) is 3. The van der Waals surface area contributed by atoms with Gasteiger partial charge in [-0.2, -0.15) is 0 Å². The molecular formula is C15H20BrNO3. The Labute approximate surface area is 128 Å². The third-order valence-electron chi connectivity index (χ3n) is 3.78. The van der Waals surface area contributed by atoms with Crippen LogP contribution in [0.1, 0.15) is 23.7 Å². The number of hydrogen-bond donors (Lipinski definition) is 0. The number of carbonyl (C=O) groups excluding carboxylic acids is 1. The fourth-order valence-corrected chi connectivity index (χ4v) is 2.97. The molecular weight excluding hydrogens is 322 g/mol. The number of alkyl halides is 1. The van der Waals surface area contributed by atoms with Crippen LogP contribution < -0.4 is 9.47 Å². The van der Waals surface area contributed by atoms with Crippen molar-refractivity contribution in [3.8, 4) is 11.5 Å².